The Kier molecular flexibility index (Phi) is 4.86. The summed E-state index contributed by atoms with van der Waals surface area (Å²) in [4.78, 5) is 19.1. The Balaban J connectivity index is 2.05. The first kappa shape index (κ1) is 16.8. The van der Waals surface area contributed by atoms with Gasteiger partial charge in [-0.2, -0.15) is 13.2 Å². The Morgan fingerprint density at radius 2 is 1.96 bits per heavy atom. The predicted molar refractivity (Wildman–Crippen MR) is 80.1 cm³/mol. The van der Waals surface area contributed by atoms with E-state index in [1.807, 2.05) is 0 Å². The second-order valence-electron chi connectivity index (χ2n) is 4.25. The third-order valence-electron chi connectivity index (χ3n) is 2.63. The zero-order valence-electron chi connectivity index (χ0n) is 11.4. The van der Waals surface area contributed by atoms with Gasteiger partial charge in [0.05, 0.1) is 11.9 Å². The zero-order valence-corrected chi connectivity index (χ0v) is 12.2. The molecular weight excluding hydrogens is 331 g/mol. The molecule has 2 rings (SSSR count). The Labute approximate surface area is 134 Å². The van der Waals surface area contributed by atoms with Crippen molar-refractivity contribution in [1.82, 2.24) is 15.0 Å². The molecule has 0 aliphatic heterocycles. The van der Waals surface area contributed by atoms with E-state index in [0.29, 0.717) is 5.01 Å². The number of anilines is 1. The highest BCUT2D eigenvalue weighted by molar-refractivity contribution is 7.80. The summed E-state index contributed by atoms with van der Waals surface area (Å²) in [5, 5.41) is 2.95. The number of aromatic nitrogens is 2. The summed E-state index contributed by atoms with van der Waals surface area (Å²) in [6.07, 6.45) is -2.18. The van der Waals surface area contributed by atoms with Gasteiger partial charge in [-0.3, -0.25) is 9.78 Å². The van der Waals surface area contributed by atoms with Gasteiger partial charge in [0.15, 0.2) is 5.11 Å². The maximum atomic E-state index is 12.4. The Hall–Kier alpha value is -2.59. The van der Waals surface area contributed by atoms with Gasteiger partial charge in [-0.15, -0.1) is 0 Å². The topological polar surface area (TPSA) is 84.1 Å². The maximum Gasteiger partial charge on any atom is 0.433 e. The van der Waals surface area contributed by atoms with Gasteiger partial charge in [0.25, 0.3) is 5.91 Å². The summed E-state index contributed by atoms with van der Waals surface area (Å²) >= 11 is 4.93. The fourth-order valence-electron chi connectivity index (χ4n) is 1.52. The fraction of sp³-hybridized carbons (Fsp3) is 0.0769. The van der Waals surface area contributed by atoms with Crippen molar-refractivity contribution in [3.8, 4) is 0 Å². The molecule has 1 amide bonds. The number of amides is 1. The Morgan fingerprint density at radius 3 is 2.48 bits per heavy atom. The van der Waals surface area contributed by atoms with Crippen LogP contribution >= 0.6 is 12.2 Å². The molecule has 0 spiro atoms. The molecule has 0 unspecified atom stereocenters. The first-order valence-electron chi connectivity index (χ1n) is 6.13. The Bertz CT molecular complexity index is 706. The minimum absolute atomic E-state index is 0.0738. The lowest BCUT2D eigenvalue weighted by Crippen LogP contribution is -2.45. The number of halogens is 3. The van der Waals surface area contributed by atoms with E-state index in [0.717, 1.165) is 18.3 Å². The maximum absolute atomic E-state index is 12.4. The molecule has 2 aromatic heterocycles. The van der Waals surface area contributed by atoms with Crippen LogP contribution in [0.4, 0.5) is 18.9 Å². The average Bonchev–Trinajstić information content (AvgIpc) is 2.54. The van der Waals surface area contributed by atoms with Gasteiger partial charge in [0, 0.05) is 6.20 Å². The molecule has 0 saturated heterocycles. The van der Waals surface area contributed by atoms with E-state index in [2.05, 4.69) is 15.3 Å². The van der Waals surface area contributed by atoms with Crippen LogP contribution in [0.3, 0.4) is 0 Å². The minimum Gasteiger partial charge on any atom is -0.330 e. The molecule has 0 saturated carbocycles. The molecule has 120 valence electrons. The molecule has 0 fully saturated rings. The van der Waals surface area contributed by atoms with Gasteiger partial charge in [-0.05, 0) is 36.5 Å². The molecule has 0 atom stereocenters. The number of rotatable bonds is 2. The second kappa shape index (κ2) is 6.67. The van der Waals surface area contributed by atoms with Crippen LogP contribution < -0.4 is 11.2 Å². The number of alkyl halides is 3. The van der Waals surface area contributed by atoms with Crippen LogP contribution in [0.5, 0.6) is 0 Å². The van der Waals surface area contributed by atoms with Crippen LogP contribution in [0.1, 0.15) is 16.2 Å². The van der Waals surface area contributed by atoms with Crippen LogP contribution in [0.2, 0.25) is 0 Å². The van der Waals surface area contributed by atoms with Gasteiger partial charge < -0.3 is 5.32 Å². The SMILES string of the molecule is NN(C(=O)c1ccccn1)C(=S)Nc1ccc(C(F)(F)F)nc1. The zero-order chi connectivity index (χ0) is 17.0. The molecular formula is C13H10F3N5OS. The summed E-state index contributed by atoms with van der Waals surface area (Å²) in [5.74, 6) is 4.92. The van der Waals surface area contributed by atoms with Crippen LogP contribution in [0.25, 0.3) is 0 Å². The van der Waals surface area contributed by atoms with Crippen molar-refractivity contribution >= 4 is 28.9 Å². The van der Waals surface area contributed by atoms with Crippen molar-refractivity contribution in [3.05, 3.63) is 54.1 Å². The summed E-state index contributed by atoms with van der Waals surface area (Å²) in [6.45, 7) is 0. The standard InChI is InChI=1S/C13H10F3N5OS/c14-13(15,16)10-5-4-8(7-19-10)20-12(23)21(17)11(22)9-3-1-2-6-18-9/h1-7H,17H2,(H,20,23). The van der Waals surface area contributed by atoms with Crippen LogP contribution in [0.15, 0.2) is 42.7 Å². The number of hydrogen-bond acceptors (Lipinski definition) is 5. The van der Waals surface area contributed by atoms with Crippen molar-refractivity contribution in [3.63, 3.8) is 0 Å². The van der Waals surface area contributed by atoms with Crippen LogP contribution in [0, 0.1) is 0 Å². The summed E-state index contributed by atoms with van der Waals surface area (Å²) in [7, 11) is 0. The number of thiocarbonyl (C=S) groups is 1. The molecule has 10 heteroatoms. The van der Waals surface area contributed by atoms with E-state index in [-0.39, 0.29) is 16.5 Å². The molecule has 6 nitrogen and oxygen atoms in total. The molecule has 2 heterocycles. The molecule has 0 aliphatic rings. The largest absolute Gasteiger partial charge is 0.433 e. The number of carbonyl (C=O) groups excluding carboxylic acids is 1. The third kappa shape index (κ3) is 4.20. The van der Waals surface area contributed by atoms with Gasteiger partial charge in [-0.1, -0.05) is 6.07 Å². The van der Waals surface area contributed by atoms with Crippen LogP contribution in [-0.4, -0.2) is 26.0 Å². The number of hydrogen-bond donors (Lipinski definition) is 2. The first-order chi connectivity index (χ1) is 10.8. The number of hydrazine groups is 1. The molecule has 0 aromatic carbocycles. The van der Waals surface area contributed by atoms with Gasteiger partial charge >= 0.3 is 6.18 Å². The van der Waals surface area contributed by atoms with E-state index in [1.54, 1.807) is 12.1 Å². The highest BCUT2D eigenvalue weighted by atomic mass is 32.1. The van der Waals surface area contributed by atoms with Gasteiger partial charge in [0.2, 0.25) is 0 Å². The summed E-state index contributed by atoms with van der Waals surface area (Å²) in [6, 6.07) is 6.59. The number of nitrogens with two attached hydrogens (primary N) is 1. The second-order valence-corrected chi connectivity index (χ2v) is 4.64. The normalized spacial score (nSPS) is 11.0. The van der Waals surface area contributed by atoms with Crippen molar-refractivity contribution in [2.24, 2.45) is 5.84 Å². The summed E-state index contributed by atoms with van der Waals surface area (Å²) < 4.78 is 37.2. The number of nitrogens with one attached hydrogen (secondary N) is 1. The molecule has 0 aliphatic carbocycles. The highest BCUT2D eigenvalue weighted by Crippen LogP contribution is 2.27. The van der Waals surface area contributed by atoms with Crippen LogP contribution in [-0.2, 0) is 6.18 Å². The van der Waals surface area contributed by atoms with Crippen molar-refractivity contribution < 1.29 is 18.0 Å². The molecule has 2 aromatic rings. The molecule has 0 radical (unpaired) electrons. The number of carbonyl (C=O) groups is 1. The predicted octanol–water partition coefficient (Wildman–Crippen LogP) is 2.21. The first-order valence-corrected chi connectivity index (χ1v) is 6.54. The highest BCUT2D eigenvalue weighted by Gasteiger charge is 2.32. The van der Waals surface area contributed by atoms with E-state index in [4.69, 9.17) is 18.1 Å². The lowest BCUT2D eigenvalue weighted by Gasteiger charge is -2.18. The molecule has 23 heavy (non-hydrogen) atoms. The number of pyridine rings is 2. The van der Waals surface area contributed by atoms with Crippen molar-refractivity contribution in [2.75, 3.05) is 5.32 Å². The van der Waals surface area contributed by atoms with E-state index >= 15 is 0 Å². The average molecular weight is 341 g/mol. The van der Waals surface area contributed by atoms with E-state index < -0.39 is 17.8 Å². The molecule has 0 bridgehead atoms. The lowest BCUT2D eigenvalue weighted by atomic mass is 10.3. The van der Waals surface area contributed by atoms with Gasteiger partial charge in [-0.25, -0.2) is 15.8 Å². The third-order valence-corrected chi connectivity index (χ3v) is 2.93. The monoisotopic (exact) mass is 341 g/mol. The lowest BCUT2D eigenvalue weighted by molar-refractivity contribution is -0.141. The molecule has 3 N–H and O–H groups in total. The smallest absolute Gasteiger partial charge is 0.330 e. The van der Waals surface area contributed by atoms with Crippen molar-refractivity contribution in [2.45, 2.75) is 6.18 Å². The number of nitrogens with zero attached hydrogens (tertiary/aromatic N) is 3. The Morgan fingerprint density at radius 1 is 1.22 bits per heavy atom. The fourth-order valence-corrected chi connectivity index (χ4v) is 1.72. The summed E-state index contributed by atoms with van der Waals surface area (Å²) in [5.41, 5.74) is -0.805. The minimum atomic E-state index is -4.53. The van der Waals surface area contributed by atoms with E-state index in [9.17, 15) is 18.0 Å². The van der Waals surface area contributed by atoms with E-state index in [1.165, 1.54) is 12.3 Å². The van der Waals surface area contributed by atoms with Gasteiger partial charge in [0.1, 0.15) is 11.4 Å². The quantitative estimate of drug-likeness (QED) is 0.377. The van der Waals surface area contributed by atoms with Crippen molar-refractivity contribution in [1.29, 1.82) is 0 Å².